The van der Waals surface area contributed by atoms with E-state index in [1.807, 2.05) is 0 Å². The predicted molar refractivity (Wildman–Crippen MR) is 78.4 cm³/mol. The van der Waals surface area contributed by atoms with E-state index in [1.165, 1.54) is 19.2 Å². The van der Waals surface area contributed by atoms with Gasteiger partial charge in [0.15, 0.2) is 0 Å². The number of benzene rings is 1. The van der Waals surface area contributed by atoms with Crippen LogP contribution in [0.1, 0.15) is 43.0 Å². The van der Waals surface area contributed by atoms with Gasteiger partial charge in [-0.15, -0.1) is 0 Å². The molecule has 0 heterocycles. The number of halogens is 1. The van der Waals surface area contributed by atoms with Crippen molar-refractivity contribution in [2.45, 2.75) is 38.1 Å². The first-order valence-electron chi connectivity index (χ1n) is 7.26. The molecule has 0 radical (unpaired) electrons. The summed E-state index contributed by atoms with van der Waals surface area (Å²) in [6.07, 6.45) is 2.77. The fraction of sp³-hybridized carbons (Fsp3) is 0.500. The Bertz CT molecular complexity index is 590. The van der Waals surface area contributed by atoms with Crippen molar-refractivity contribution in [2.75, 3.05) is 7.11 Å². The fourth-order valence-corrected chi connectivity index (χ4v) is 3.06. The average Bonchev–Trinajstić information content (AvgIpc) is 2.46. The minimum absolute atomic E-state index is 0.0680. The van der Waals surface area contributed by atoms with Gasteiger partial charge in [-0.3, -0.25) is 9.59 Å². The number of carboxylic acids is 1. The second kappa shape index (κ2) is 6.34. The van der Waals surface area contributed by atoms with Crippen LogP contribution in [0.15, 0.2) is 18.2 Å². The maximum atomic E-state index is 13.4. The Labute approximate surface area is 128 Å². The van der Waals surface area contributed by atoms with Crippen LogP contribution in [0, 0.1) is 11.7 Å². The van der Waals surface area contributed by atoms with Crippen molar-refractivity contribution in [2.24, 2.45) is 5.92 Å². The number of nitrogens with one attached hydrogen (secondary N) is 1. The number of hydrogen-bond acceptors (Lipinski definition) is 3. The Balaban J connectivity index is 2.27. The molecule has 6 heteroatoms. The lowest BCUT2D eigenvalue weighted by atomic mass is 9.73. The van der Waals surface area contributed by atoms with Gasteiger partial charge in [0.25, 0.3) is 5.91 Å². The van der Waals surface area contributed by atoms with E-state index in [-0.39, 0.29) is 11.3 Å². The highest BCUT2D eigenvalue weighted by Crippen LogP contribution is 2.34. The van der Waals surface area contributed by atoms with Gasteiger partial charge in [-0.2, -0.15) is 0 Å². The Morgan fingerprint density at radius 3 is 2.77 bits per heavy atom. The van der Waals surface area contributed by atoms with Gasteiger partial charge in [-0.25, -0.2) is 4.39 Å². The molecule has 120 valence electrons. The second-order valence-electron chi connectivity index (χ2n) is 5.85. The summed E-state index contributed by atoms with van der Waals surface area (Å²) < 4.78 is 18.5. The molecule has 2 unspecified atom stereocenters. The molecular weight excluding hydrogens is 289 g/mol. The summed E-state index contributed by atoms with van der Waals surface area (Å²) in [5.41, 5.74) is -0.781. The van der Waals surface area contributed by atoms with Gasteiger partial charge in [-0.05, 0) is 38.0 Å². The summed E-state index contributed by atoms with van der Waals surface area (Å²) >= 11 is 0. The molecular formula is C16H20FNO4. The Morgan fingerprint density at radius 1 is 1.41 bits per heavy atom. The van der Waals surface area contributed by atoms with E-state index in [4.69, 9.17) is 4.74 Å². The third-order valence-corrected chi connectivity index (χ3v) is 4.31. The topological polar surface area (TPSA) is 75.6 Å². The third kappa shape index (κ3) is 3.21. The first-order valence-corrected chi connectivity index (χ1v) is 7.26. The van der Waals surface area contributed by atoms with Crippen molar-refractivity contribution in [3.63, 3.8) is 0 Å². The lowest BCUT2D eigenvalue weighted by molar-refractivity contribution is -0.145. The highest BCUT2D eigenvalue weighted by molar-refractivity contribution is 5.97. The van der Waals surface area contributed by atoms with Crippen molar-refractivity contribution < 1.29 is 23.8 Å². The Hall–Kier alpha value is -2.11. The molecule has 2 rings (SSSR count). The molecule has 1 amide bonds. The second-order valence-corrected chi connectivity index (χ2v) is 5.85. The van der Waals surface area contributed by atoms with Gasteiger partial charge < -0.3 is 15.2 Å². The first kappa shape index (κ1) is 16.3. The van der Waals surface area contributed by atoms with Gasteiger partial charge in [0.05, 0.1) is 24.1 Å². The van der Waals surface area contributed by atoms with Crippen molar-refractivity contribution >= 4 is 11.9 Å². The maximum absolute atomic E-state index is 13.4. The van der Waals surface area contributed by atoms with E-state index in [9.17, 15) is 19.1 Å². The van der Waals surface area contributed by atoms with E-state index >= 15 is 0 Å². The molecule has 1 aliphatic carbocycles. The van der Waals surface area contributed by atoms with Crippen molar-refractivity contribution in [1.29, 1.82) is 0 Å². The molecule has 0 aliphatic heterocycles. The lowest BCUT2D eigenvalue weighted by Gasteiger charge is -2.39. The van der Waals surface area contributed by atoms with E-state index in [0.717, 1.165) is 18.9 Å². The summed E-state index contributed by atoms with van der Waals surface area (Å²) in [5.74, 6) is -2.38. The van der Waals surface area contributed by atoms with Crippen LogP contribution in [0.3, 0.4) is 0 Å². The van der Waals surface area contributed by atoms with Crippen molar-refractivity contribution in [1.82, 2.24) is 5.32 Å². The molecule has 0 bridgehead atoms. The summed E-state index contributed by atoms with van der Waals surface area (Å²) in [6.45, 7) is 1.73. The fourth-order valence-electron chi connectivity index (χ4n) is 3.06. The van der Waals surface area contributed by atoms with Crippen LogP contribution in [0.5, 0.6) is 5.75 Å². The molecule has 1 saturated carbocycles. The molecule has 0 spiro atoms. The van der Waals surface area contributed by atoms with E-state index < -0.39 is 29.2 Å². The number of ether oxygens (including phenoxy) is 1. The quantitative estimate of drug-likeness (QED) is 0.896. The molecule has 0 aromatic heterocycles. The Kier molecular flexibility index (Phi) is 4.68. The van der Waals surface area contributed by atoms with Crippen molar-refractivity contribution in [3.05, 3.63) is 29.6 Å². The van der Waals surface area contributed by atoms with E-state index in [1.54, 1.807) is 6.92 Å². The monoisotopic (exact) mass is 309 g/mol. The zero-order valence-electron chi connectivity index (χ0n) is 12.7. The molecule has 1 aromatic rings. The molecule has 0 saturated heterocycles. The third-order valence-electron chi connectivity index (χ3n) is 4.31. The van der Waals surface area contributed by atoms with E-state index in [0.29, 0.717) is 12.8 Å². The number of hydrogen-bond donors (Lipinski definition) is 2. The van der Waals surface area contributed by atoms with Gasteiger partial charge >= 0.3 is 5.97 Å². The van der Waals surface area contributed by atoms with Crippen LogP contribution in [0.2, 0.25) is 0 Å². The van der Waals surface area contributed by atoms with Crippen LogP contribution >= 0.6 is 0 Å². The molecule has 1 aromatic carbocycles. The lowest BCUT2D eigenvalue weighted by Crippen LogP contribution is -2.55. The largest absolute Gasteiger partial charge is 0.496 e. The zero-order chi connectivity index (χ0) is 16.3. The standard InChI is InChI=1S/C16H20FNO4/c1-16(8-4-3-5-12(16)15(20)21)18-14(19)11-9-10(17)6-7-13(11)22-2/h6-7,9,12H,3-5,8H2,1-2H3,(H,18,19)(H,20,21). The normalized spacial score (nSPS) is 24.6. The number of aliphatic carboxylic acids is 1. The van der Waals surface area contributed by atoms with E-state index in [2.05, 4.69) is 5.32 Å². The summed E-state index contributed by atoms with van der Waals surface area (Å²) in [6, 6.07) is 3.68. The predicted octanol–water partition coefficient (Wildman–Crippen LogP) is 2.60. The number of amides is 1. The molecule has 1 fully saturated rings. The number of carboxylic acid groups (broad SMARTS) is 1. The van der Waals surface area contributed by atoms with Crippen LogP contribution in [-0.2, 0) is 4.79 Å². The average molecular weight is 309 g/mol. The highest BCUT2D eigenvalue weighted by atomic mass is 19.1. The van der Waals surface area contributed by atoms with Gasteiger partial charge in [0, 0.05) is 0 Å². The van der Waals surface area contributed by atoms with Crippen LogP contribution in [0.4, 0.5) is 4.39 Å². The number of carbonyl (C=O) groups excluding carboxylic acids is 1. The summed E-state index contributed by atoms with van der Waals surface area (Å²) in [7, 11) is 1.40. The highest BCUT2D eigenvalue weighted by Gasteiger charge is 2.42. The van der Waals surface area contributed by atoms with Crippen LogP contribution < -0.4 is 10.1 Å². The number of methoxy groups -OCH3 is 1. The minimum Gasteiger partial charge on any atom is -0.496 e. The van der Waals surface area contributed by atoms with Crippen molar-refractivity contribution in [3.8, 4) is 5.75 Å². The molecule has 5 nitrogen and oxygen atoms in total. The number of rotatable bonds is 4. The van der Waals surface area contributed by atoms with Crippen LogP contribution in [0.25, 0.3) is 0 Å². The van der Waals surface area contributed by atoms with Gasteiger partial charge in [0.2, 0.25) is 0 Å². The molecule has 22 heavy (non-hydrogen) atoms. The summed E-state index contributed by atoms with van der Waals surface area (Å²) in [5, 5.41) is 12.1. The maximum Gasteiger partial charge on any atom is 0.308 e. The van der Waals surface area contributed by atoms with Gasteiger partial charge in [-0.1, -0.05) is 12.8 Å². The number of carbonyl (C=O) groups is 2. The molecule has 1 aliphatic rings. The summed E-state index contributed by atoms with van der Waals surface area (Å²) in [4.78, 5) is 23.9. The SMILES string of the molecule is COc1ccc(F)cc1C(=O)NC1(C)CCCCC1C(=O)O. The molecule has 2 atom stereocenters. The Morgan fingerprint density at radius 2 is 2.14 bits per heavy atom. The molecule has 2 N–H and O–H groups in total. The smallest absolute Gasteiger partial charge is 0.308 e. The van der Waals surface area contributed by atoms with Crippen LogP contribution in [-0.4, -0.2) is 29.6 Å². The van der Waals surface area contributed by atoms with Gasteiger partial charge in [0.1, 0.15) is 11.6 Å². The minimum atomic E-state index is -0.922. The zero-order valence-corrected chi connectivity index (χ0v) is 12.7. The first-order chi connectivity index (χ1) is 10.4.